The number of hydrogen-bond acceptors (Lipinski definition) is 2. The van der Waals surface area contributed by atoms with Crippen LogP contribution in [0.3, 0.4) is 0 Å². The van der Waals surface area contributed by atoms with E-state index in [9.17, 15) is 4.79 Å². The van der Waals surface area contributed by atoms with E-state index in [1.807, 2.05) is 0 Å². The second kappa shape index (κ2) is 15.6. The van der Waals surface area contributed by atoms with Gasteiger partial charge in [-0.05, 0) is 0 Å². The molecule has 0 aromatic heterocycles. The number of rotatable bonds is 1. The molecule has 2 N–H and O–H groups in total. The van der Waals surface area contributed by atoms with Crippen molar-refractivity contribution in [1.29, 1.82) is 0 Å². The molecule has 0 heterocycles. The third kappa shape index (κ3) is 31.2. The molecule has 47 valence electrons. The Labute approximate surface area is 74.0 Å². The van der Waals surface area contributed by atoms with Crippen molar-refractivity contribution < 1.29 is 47.7 Å². The smallest absolute Gasteiger partial charge is 0.303 e. The van der Waals surface area contributed by atoms with Crippen LogP contribution in [0.5, 0.6) is 0 Å². The quantitative estimate of drug-likeness (QED) is 0.623. The molecular formula is C4H10O3Y. The number of aliphatic hydroxyl groups is 1. The van der Waals surface area contributed by atoms with Gasteiger partial charge in [-0.2, -0.15) is 0 Å². The summed E-state index contributed by atoms with van der Waals surface area (Å²) in [5, 5.41) is 14.7. The van der Waals surface area contributed by atoms with Gasteiger partial charge in [0.05, 0.1) is 0 Å². The number of carbonyl (C=O) groups is 1. The summed E-state index contributed by atoms with van der Waals surface area (Å²) in [6.45, 7) is 1.60. The summed E-state index contributed by atoms with van der Waals surface area (Å²) in [6.07, 6.45) is 0.222. The van der Waals surface area contributed by atoms with E-state index in [2.05, 4.69) is 0 Å². The SMILES string of the molecule is CCC(=O)O.CO.[Y]. The van der Waals surface area contributed by atoms with Gasteiger partial charge < -0.3 is 10.2 Å². The summed E-state index contributed by atoms with van der Waals surface area (Å²) in [6, 6.07) is 0. The van der Waals surface area contributed by atoms with Crippen LogP contribution in [0.1, 0.15) is 13.3 Å². The third-order valence-electron chi connectivity index (χ3n) is 0.302. The maximum Gasteiger partial charge on any atom is 0.303 e. The van der Waals surface area contributed by atoms with E-state index in [0.29, 0.717) is 0 Å². The summed E-state index contributed by atoms with van der Waals surface area (Å²) >= 11 is 0. The molecule has 3 nitrogen and oxygen atoms in total. The van der Waals surface area contributed by atoms with Crippen LogP contribution in [-0.2, 0) is 37.5 Å². The molecule has 0 aromatic carbocycles. The Morgan fingerprint density at radius 3 is 1.62 bits per heavy atom. The second-order valence-corrected chi connectivity index (χ2v) is 0.747. The molecule has 0 fully saturated rings. The monoisotopic (exact) mass is 195 g/mol. The molecule has 0 saturated carbocycles. The van der Waals surface area contributed by atoms with Crippen LogP contribution in [0.15, 0.2) is 0 Å². The van der Waals surface area contributed by atoms with E-state index in [1.165, 1.54) is 0 Å². The molecule has 0 aromatic rings. The topological polar surface area (TPSA) is 57.5 Å². The van der Waals surface area contributed by atoms with Crippen molar-refractivity contribution >= 4 is 5.97 Å². The van der Waals surface area contributed by atoms with Gasteiger partial charge in [-0.15, -0.1) is 0 Å². The molecule has 0 aliphatic carbocycles. The van der Waals surface area contributed by atoms with E-state index in [0.717, 1.165) is 7.11 Å². The maximum atomic E-state index is 9.37. The first kappa shape index (κ1) is 15.8. The molecule has 0 rings (SSSR count). The van der Waals surface area contributed by atoms with Gasteiger partial charge >= 0.3 is 5.97 Å². The minimum absolute atomic E-state index is 0. The predicted octanol–water partition coefficient (Wildman–Crippen LogP) is 0.0870. The van der Waals surface area contributed by atoms with E-state index >= 15 is 0 Å². The summed E-state index contributed by atoms with van der Waals surface area (Å²) in [5.74, 6) is -0.745. The zero-order chi connectivity index (χ0) is 6.28. The van der Waals surface area contributed by atoms with Crippen molar-refractivity contribution in [3.63, 3.8) is 0 Å². The van der Waals surface area contributed by atoms with Crippen LogP contribution < -0.4 is 0 Å². The molecule has 0 amide bonds. The van der Waals surface area contributed by atoms with Crippen LogP contribution in [0, 0.1) is 0 Å². The van der Waals surface area contributed by atoms with E-state index < -0.39 is 5.97 Å². The Bertz CT molecular complexity index is 46.5. The Morgan fingerprint density at radius 2 is 1.62 bits per heavy atom. The minimum Gasteiger partial charge on any atom is -0.481 e. The number of carboxylic acid groups (broad SMARTS) is 1. The average Bonchev–Trinajstić information content (AvgIpc) is 1.73. The fourth-order valence-corrected chi connectivity index (χ4v) is 0. The first-order chi connectivity index (χ1) is 3.27. The van der Waals surface area contributed by atoms with Crippen molar-refractivity contribution in [3.05, 3.63) is 0 Å². The fourth-order valence-electron chi connectivity index (χ4n) is 0. The van der Waals surface area contributed by atoms with E-state index in [-0.39, 0.29) is 39.1 Å². The van der Waals surface area contributed by atoms with Crippen molar-refractivity contribution in [1.82, 2.24) is 0 Å². The van der Waals surface area contributed by atoms with Crippen molar-refractivity contribution in [2.45, 2.75) is 13.3 Å². The third-order valence-corrected chi connectivity index (χ3v) is 0.302. The average molecular weight is 195 g/mol. The molecule has 0 bridgehead atoms. The van der Waals surface area contributed by atoms with Gasteiger partial charge in [-0.3, -0.25) is 4.79 Å². The zero-order valence-electron chi connectivity index (χ0n) is 5.09. The molecule has 1 radical (unpaired) electrons. The molecule has 0 saturated heterocycles. The molecule has 0 spiro atoms. The van der Waals surface area contributed by atoms with E-state index in [1.54, 1.807) is 6.92 Å². The number of hydrogen-bond donors (Lipinski definition) is 2. The molecule has 0 aliphatic heterocycles. The molecular weight excluding hydrogens is 185 g/mol. The summed E-state index contributed by atoms with van der Waals surface area (Å²) in [7, 11) is 1.00. The number of carboxylic acids is 1. The molecule has 8 heavy (non-hydrogen) atoms. The van der Waals surface area contributed by atoms with E-state index in [4.69, 9.17) is 10.2 Å². The van der Waals surface area contributed by atoms with Gasteiger partial charge in [0.1, 0.15) is 0 Å². The van der Waals surface area contributed by atoms with Gasteiger partial charge in [0.2, 0.25) is 0 Å². The Kier molecular flexibility index (Phi) is 30.9. The van der Waals surface area contributed by atoms with Gasteiger partial charge in [0.25, 0.3) is 0 Å². The van der Waals surface area contributed by atoms with Crippen molar-refractivity contribution in [2.24, 2.45) is 0 Å². The maximum absolute atomic E-state index is 9.37. The minimum atomic E-state index is -0.745. The number of aliphatic hydroxyl groups excluding tert-OH is 1. The summed E-state index contributed by atoms with van der Waals surface area (Å²) in [5.41, 5.74) is 0. The van der Waals surface area contributed by atoms with Gasteiger partial charge in [0, 0.05) is 46.2 Å². The fraction of sp³-hybridized carbons (Fsp3) is 0.750. The first-order valence-corrected chi connectivity index (χ1v) is 1.94. The standard InChI is InChI=1S/C3H6O2.CH4O.Y/c1-2-3(4)5;1-2;/h2H2,1H3,(H,4,5);2H,1H3;. The van der Waals surface area contributed by atoms with Crippen molar-refractivity contribution in [2.75, 3.05) is 7.11 Å². The molecule has 0 aliphatic rings. The summed E-state index contributed by atoms with van der Waals surface area (Å²) < 4.78 is 0. The largest absolute Gasteiger partial charge is 0.481 e. The molecule has 0 unspecified atom stereocenters. The van der Waals surface area contributed by atoms with Crippen molar-refractivity contribution in [3.8, 4) is 0 Å². The van der Waals surface area contributed by atoms with Gasteiger partial charge in [-0.1, -0.05) is 6.92 Å². The predicted molar refractivity (Wildman–Crippen MR) is 26.1 cm³/mol. The van der Waals surface area contributed by atoms with Crippen LogP contribution in [0.4, 0.5) is 0 Å². The molecule has 0 atom stereocenters. The second-order valence-electron chi connectivity index (χ2n) is 0.747. The zero-order valence-corrected chi connectivity index (χ0v) is 7.93. The van der Waals surface area contributed by atoms with Crippen LogP contribution in [0.25, 0.3) is 0 Å². The number of aliphatic carboxylic acids is 1. The Morgan fingerprint density at radius 1 is 1.50 bits per heavy atom. The van der Waals surface area contributed by atoms with Gasteiger partial charge in [-0.25, -0.2) is 0 Å². The van der Waals surface area contributed by atoms with Crippen LogP contribution in [0.2, 0.25) is 0 Å². The Hall–Kier alpha value is 0.534. The Balaban J connectivity index is -0.0000000750. The van der Waals surface area contributed by atoms with Crippen LogP contribution in [-0.4, -0.2) is 23.3 Å². The summed E-state index contributed by atoms with van der Waals surface area (Å²) in [4.78, 5) is 9.37. The normalized spacial score (nSPS) is 5.38. The molecule has 4 heteroatoms. The first-order valence-electron chi connectivity index (χ1n) is 1.94. The van der Waals surface area contributed by atoms with Gasteiger partial charge in [0.15, 0.2) is 0 Å². The van der Waals surface area contributed by atoms with Crippen LogP contribution >= 0.6 is 0 Å².